The van der Waals surface area contributed by atoms with Crippen LogP contribution in [0.1, 0.15) is 35.7 Å². The highest BCUT2D eigenvalue weighted by Crippen LogP contribution is 2.28. The Morgan fingerprint density at radius 3 is 2.07 bits per heavy atom. The predicted octanol–water partition coefficient (Wildman–Crippen LogP) is 5.84. The number of hydrogen-bond donors (Lipinski definition) is 2. The Hall–Kier alpha value is -3.31. The van der Waals surface area contributed by atoms with Gasteiger partial charge in [0.05, 0.1) is 16.0 Å². The molecule has 220 valence electrons. The lowest BCUT2D eigenvalue weighted by Crippen LogP contribution is -2.47. The minimum absolute atomic E-state index is 0. The highest BCUT2D eigenvalue weighted by atomic mass is 35.5. The number of anilines is 3. The van der Waals surface area contributed by atoms with Crippen molar-refractivity contribution in [3.63, 3.8) is 0 Å². The molecule has 1 saturated heterocycles. The molecule has 1 aliphatic rings. The Bertz CT molecular complexity index is 1580. The smallest absolute Gasteiger partial charge is 0.336 e. The lowest BCUT2D eigenvalue weighted by Gasteiger charge is -2.36. The number of piperazine rings is 1. The molecule has 3 heterocycles. The number of sulfonamides is 1. The third-order valence-electron chi connectivity index (χ3n) is 6.71. The van der Waals surface area contributed by atoms with E-state index in [4.69, 9.17) is 4.98 Å². The van der Waals surface area contributed by atoms with Gasteiger partial charge in [0.2, 0.25) is 0 Å². The lowest BCUT2D eigenvalue weighted by atomic mass is 10.0. The normalized spacial score (nSPS) is 13.1. The first-order valence-electron chi connectivity index (χ1n) is 12.4. The summed E-state index contributed by atoms with van der Waals surface area (Å²) in [5.41, 5.74) is 1.86. The summed E-state index contributed by atoms with van der Waals surface area (Å²) in [7, 11) is -3.85. The first-order valence-corrected chi connectivity index (χ1v) is 13.9. The van der Waals surface area contributed by atoms with Crippen LogP contribution in [0.3, 0.4) is 0 Å². The summed E-state index contributed by atoms with van der Waals surface area (Å²) in [4.78, 5) is 25.7. The van der Waals surface area contributed by atoms with Crippen molar-refractivity contribution in [2.45, 2.75) is 24.7 Å². The second-order valence-electron chi connectivity index (χ2n) is 9.56. The van der Waals surface area contributed by atoms with E-state index in [-0.39, 0.29) is 59.3 Å². The van der Waals surface area contributed by atoms with Gasteiger partial charge in [0.1, 0.15) is 11.6 Å². The molecular weight excluding hydrogens is 609 g/mol. The van der Waals surface area contributed by atoms with Crippen LogP contribution in [-0.2, 0) is 10.0 Å². The predicted molar refractivity (Wildman–Crippen MR) is 170 cm³/mol. The zero-order valence-corrected chi connectivity index (χ0v) is 25.7. The third kappa shape index (κ3) is 7.51. The van der Waals surface area contributed by atoms with Crippen LogP contribution in [-0.4, -0.2) is 55.6 Å². The number of benzene rings is 2. The fraction of sp³-hybridized carbons (Fsp3) is 0.250. The van der Waals surface area contributed by atoms with Crippen molar-refractivity contribution in [2.75, 3.05) is 40.7 Å². The molecule has 0 amide bonds. The molecule has 5 rings (SSSR count). The minimum Gasteiger partial charge on any atom is -0.478 e. The summed E-state index contributed by atoms with van der Waals surface area (Å²) in [5.74, 6) is 0.677. The number of carbonyl (C=O) groups is 1. The number of nitrogens with one attached hydrogen (secondary N) is 1. The summed E-state index contributed by atoms with van der Waals surface area (Å²) in [5, 5.41) is 10.3. The molecule has 0 saturated carbocycles. The fourth-order valence-electron chi connectivity index (χ4n) is 4.57. The zero-order chi connectivity index (χ0) is 26.9. The van der Waals surface area contributed by atoms with Gasteiger partial charge in [0.15, 0.2) is 0 Å². The van der Waals surface area contributed by atoms with Crippen LogP contribution >= 0.6 is 37.2 Å². The number of aromatic carboxylic acids is 1. The number of hydrogen-bond acceptors (Lipinski definition) is 7. The number of nitrogens with zero attached hydrogens (tertiary/aromatic N) is 4. The summed E-state index contributed by atoms with van der Waals surface area (Å²) in [6, 6.07) is 18.9. The molecule has 1 fully saturated rings. The van der Waals surface area contributed by atoms with E-state index in [1.165, 1.54) is 6.07 Å². The summed E-state index contributed by atoms with van der Waals surface area (Å²) in [6.45, 7) is 6.89. The largest absolute Gasteiger partial charge is 0.478 e. The molecule has 0 aliphatic carbocycles. The van der Waals surface area contributed by atoms with E-state index >= 15 is 0 Å². The summed E-state index contributed by atoms with van der Waals surface area (Å²) < 4.78 is 28.5. The Kier molecular flexibility index (Phi) is 11.6. The molecule has 9 nitrogen and oxygen atoms in total. The number of carboxylic acid groups (broad SMARTS) is 1. The Morgan fingerprint density at radius 2 is 1.51 bits per heavy atom. The van der Waals surface area contributed by atoms with Crippen molar-refractivity contribution in [2.24, 2.45) is 0 Å². The average molecular weight is 641 g/mol. The van der Waals surface area contributed by atoms with Gasteiger partial charge in [-0.15, -0.1) is 37.2 Å². The number of fused-ring (bicyclic) bond motifs is 1. The monoisotopic (exact) mass is 639 g/mol. The minimum atomic E-state index is -3.85. The van der Waals surface area contributed by atoms with E-state index < -0.39 is 16.0 Å². The summed E-state index contributed by atoms with van der Waals surface area (Å²) in [6.07, 6.45) is 1.77. The quantitative estimate of drug-likeness (QED) is 0.259. The molecular formula is C28H32Cl3N5O4S. The highest BCUT2D eigenvalue weighted by Gasteiger charge is 2.22. The first-order chi connectivity index (χ1) is 18.2. The maximum atomic E-state index is 13.0. The van der Waals surface area contributed by atoms with Gasteiger partial charge in [-0.3, -0.25) is 4.72 Å². The van der Waals surface area contributed by atoms with Crippen molar-refractivity contribution >= 4 is 81.4 Å². The zero-order valence-electron chi connectivity index (χ0n) is 22.4. The number of pyridine rings is 2. The highest BCUT2D eigenvalue weighted by molar-refractivity contribution is 7.92. The SMILES string of the molecule is CC(C)c1ccc(S(=O)(=O)Nc2ccc3nc(N4CCN(c5ccccn5)CC4)cc(C(=O)O)c3c2)cc1.Cl.Cl.Cl. The van der Waals surface area contributed by atoms with E-state index in [0.29, 0.717) is 29.8 Å². The summed E-state index contributed by atoms with van der Waals surface area (Å²) >= 11 is 0. The standard InChI is InChI=1S/C28H29N5O4S.3ClH/c1-19(2)20-6-9-22(10-7-20)38(36,37)31-21-8-11-25-23(17-21)24(28(34)35)18-27(30-25)33-15-13-32(14-16-33)26-5-3-4-12-29-26;;;/h3-12,17-19,31H,13-16H2,1-2H3,(H,34,35);3*1H. The molecule has 2 aromatic carbocycles. The molecule has 41 heavy (non-hydrogen) atoms. The molecule has 0 radical (unpaired) electrons. The van der Waals surface area contributed by atoms with E-state index in [1.807, 2.05) is 32.0 Å². The molecule has 13 heteroatoms. The van der Waals surface area contributed by atoms with Crippen LogP contribution in [0.15, 0.2) is 77.8 Å². The number of aromatic nitrogens is 2. The Morgan fingerprint density at radius 1 is 0.878 bits per heavy atom. The van der Waals surface area contributed by atoms with E-state index in [9.17, 15) is 18.3 Å². The second-order valence-corrected chi connectivity index (χ2v) is 11.2. The Labute approximate surface area is 258 Å². The van der Waals surface area contributed by atoms with Gasteiger partial charge < -0.3 is 14.9 Å². The van der Waals surface area contributed by atoms with Gasteiger partial charge in [-0.2, -0.15) is 0 Å². The van der Waals surface area contributed by atoms with Crippen LogP contribution in [0.5, 0.6) is 0 Å². The van der Waals surface area contributed by atoms with Crippen LogP contribution in [0.25, 0.3) is 10.9 Å². The molecule has 0 bridgehead atoms. The maximum Gasteiger partial charge on any atom is 0.336 e. The van der Waals surface area contributed by atoms with Crippen molar-refractivity contribution in [3.8, 4) is 0 Å². The van der Waals surface area contributed by atoms with Gasteiger partial charge in [-0.05, 0) is 60.0 Å². The molecule has 0 spiro atoms. The fourth-order valence-corrected chi connectivity index (χ4v) is 5.62. The molecule has 0 atom stereocenters. The molecule has 2 N–H and O–H groups in total. The van der Waals surface area contributed by atoms with Crippen LogP contribution in [0.2, 0.25) is 0 Å². The number of carboxylic acids is 1. The van der Waals surface area contributed by atoms with E-state index in [0.717, 1.165) is 24.5 Å². The van der Waals surface area contributed by atoms with Gasteiger partial charge >= 0.3 is 5.97 Å². The number of rotatable bonds is 7. The van der Waals surface area contributed by atoms with Crippen molar-refractivity contribution in [3.05, 3.63) is 84.1 Å². The average Bonchev–Trinajstić information content (AvgIpc) is 2.93. The first kappa shape index (κ1) is 33.9. The van der Waals surface area contributed by atoms with Gasteiger partial charge in [-0.1, -0.05) is 32.0 Å². The van der Waals surface area contributed by atoms with Gasteiger partial charge in [0, 0.05) is 43.4 Å². The molecule has 4 aromatic rings. The van der Waals surface area contributed by atoms with Crippen molar-refractivity contribution < 1.29 is 18.3 Å². The molecule has 0 unspecified atom stereocenters. The van der Waals surface area contributed by atoms with Gasteiger partial charge in [-0.25, -0.2) is 23.2 Å². The van der Waals surface area contributed by atoms with Crippen molar-refractivity contribution in [1.29, 1.82) is 0 Å². The van der Waals surface area contributed by atoms with Crippen LogP contribution < -0.4 is 14.5 Å². The Balaban J connectivity index is 0.00000196. The molecule has 1 aliphatic heterocycles. The maximum absolute atomic E-state index is 13.0. The third-order valence-corrected chi connectivity index (χ3v) is 8.11. The van der Waals surface area contributed by atoms with Crippen molar-refractivity contribution in [1.82, 2.24) is 9.97 Å². The lowest BCUT2D eigenvalue weighted by molar-refractivity contribution is 0.0699. The van der Waals surface area contributed by atoms with Crippen LogP contribution in [0.4, 0.5) is 17.3 Å². The van der Waals surface area contributed by atoms with Gasteiger partial charge in [0.25, 0.3) is 10.0 Å². The van der Waals surface area contributed by atoms with E-state index in [1.54, 1.807) is 48.7 Å². The second kappa shape index (κ2) is 14.0. The molecule has 2 aromatic heterocycles. The topological polar surface area (TPSA) is 116 Å². The number of halogens is 3. The van der Waals surface area contributed by atoms with E-state index in [2.05, 4.69) is 19.5 Å². The van der Waals surface area contributed by atoms with Crippen LogP contribution in [0, 0.1) is 0 Å².